The van der Waals surface area contributed by atoms with Crippen molar-refractivity contribution in [2.24, 2.45) is 5.92 Å². The van der Waals surface area contributed by atoms with Gasteiger partial charge in [0.1, 0.15) is 5.58 Å². The lowest BCUT2D eigenvalue weighted by atomic mass is 9.97. The van der Waals surface area contributed by atoms with Gasteiger partial charge in [-0.2, -0.15) is 0 Å². The number of nitrogens with zero attached hydrogens (tertiary/aromatic N) is 1. The minimum Gasteiger partial charge on any atom is -0.450 e. The van der Waals surface area contributed by atoms with E-state index in [0.29, 0.717) is 18.8 Å². The molecule has 1 saturated heterocycles. The normalized spacial score (nSPS) is 18.2. The van der Waals surface area contributed by atoms with E-state index in [1.54, 1.807) is 11.9 Å². The molecule has 1 aromatic carbocycles. The van der Waals surface area contributed by atoms with Crippen molar-refractivity contribution in [1.82, 2.24) is 10.2 Å². The first-order chi connectivity index (χ1) is 11.0. The predicted molar refractivity (Wildman–Crippen MR) is 88.4 cm³/mol. The molecule has 0 spiro atoms. The summed E-state index contributed by atoms with van der Waals surface area (Å²) in [5, 5.41) is 3.65. The van der Waals surface area contributed by atoms with Crippen molar-refractivity contribution in [1.29, 1.82) is 0 Å². The fraction of sp³-hybridized carbons (Fsp3) is 0.444. The van der Waals surface area contributed by atoms with Crippen molar-refractivity contribution in [3.8, 4) is 0 Å². The van der Waals surface area contributed by atoms with Gasteiger partial charge in [0.05, 0.1) is 5.92 Å². The summed E-state index contributed by atoms with van der Waals surface area (Å²) in [6.45, 7) is 5.01. The van der Waals surface area contributed by atoms with Gasteiger partial charge in [-0.3, -0.25) is 9.59 Å². The molecule has 1 N–H and O–H groups in total. The summed E-state index contributed by atoms with van der Waals surface area (Å²) in [4.78, 5) is 26.4. The molecule has 2 aromatic rings. The van der Waals surface area contributed by atoms with Crippen LogP contribution in [0.2, 0.25) is 0 Å². The molecule has 1 unspecified atom stereocenters. The lowest BCUT2D eigenvalue weighted by molar-refractivity contribution is -0.125. The zero-order valence-corrected chi connectivity index (χ0v) is 13.8. The topological polar surface area (TPSA) is 62.6 Å². The van der Waals surface area contributed by atoms with E-state index in [1.165, 1.54) is 0 Å². The Morgan fingerprint density at radius 1 is 1.30 bits per heavy atom. The van der Waals surface area contributed by atoms with Gasteiger partial charge in [-0.15, -0.1) is 0 Å². The van der Waals surface area contributed by atoms with Crippen molar-refractivity contribution < 1.29 is 14.0 Å². The van der Waals surface area contributed by atoms with Crippen molar-refractivity contribution in [2.45, 2.75) is 26.7 Å². The molecule has 23 heavy (non-hydrogen) atoms. The van der Waals surface area contributed by atoms with Crippen molar-refractivity contribution in [2.75, 3.05) is 20.1 Å². The molecule has 0 saturated carbocycles. The van der Waals surface area contributed by atoms with Gasteiger partial charge < -0.3 is 14.6 Å². The Morgan fingerprint density at radius 2 is 2.09 bits per heavy atom. The summed E-state index contributed by atoms with van der Waals surface area (Å²) in [5.41, 5.74) is 2.66. The van der Waals surface area contributed by atoms with Crippen LogP contribution in [0.1, 0.15) is 34.5 Å². The average molecular weight is 314 g/mol. The Morgan fingerprint density at radius 3 is 2.78 bits per heavy atom. The van der Waals surface area contributed by atoms with E-state index in [9.17, 15) is 9.59 Å². The molecule has 3 rings (SSSR count). The second-order valence-corrected chi connectivity index (χ2v) is 6.21. The SMILES string of the molecule is CNC(=O)C1CCCN(C(=O)c2oc3c(C)cccc3c2C)C1. The second kappa shape index (κ2) is 6.07. The van der Waals surface area contributed by atoms with Gasteiger partial charge in [-0.05, 0) is 32.3 Å². The second-order valence-electron chi connectivity index (χ2n) is 6.21. The number of para-hydroxylation sites is 1. The first-order valence-electron chi connectivity index (χ1n) is 8.02. The molecular weight excluding hydrogens is 292 g/mol. The summed E-state index contributed by atoms with van der Waals surface area (Å²) >= 11 is 0. The number of carbonyl (C=O) groups excluding carboxylic acids is 2. The predicted octanol–water partition coefficient (Wildman–Crippen LogP) is 2.65. The fourth-order valence-corrected chi connectivity index (χ4v) is 3.31. The highest BCUT2D eigenvalue weighted by Crippen LogP contribution is 2.29. The van der Waals surface area contributed by atoms with Crippen LogP contribution < -0.4 is 5.32 Å². The summed E-state index contributed by atoms with van der Waals surface area (Å²) in [7, 11) is 1.63. The maximum absolute atomic E-state index is 12.9. The van der Waals surface area contributed by atoms with Crippen LogP contribution in [0.5, 0.6) is 0 Å². The molecule has 2 amide bonds. The Kier molecular flexibility index (Phi) is 4.11. The zero-order chi connectivity index (χ0) is 16.6. The Balaban J connectivity index is 1.90. The Hall–Kier alpha value is -2.30. The number of rotatable bonds is 2. The van der Waals surface area contributed by atoms with E-state index >= 15 is 0 Å². The highest BCUT2D eigenvalue weighted by atomic mass is 16.3. The average Bonchev–Trinajstić information content (AvgIpc) is 2.92. The number of nitrogens with one attached hydrogen (secondary N) is 1. The van der Waals surface area contributed by atoms with E-state index in [1.807, 2.05) is 32.0 Å². The first-order valence-corrected chi connectivity index (χ1v) is 8.02. The van der Waals surface area contributed by atoms with Crippen LogP contribution >= 0.6 is 0 Å². The third-order valence-corrected chi connectivity index (χ3v) is 4.68. The van der Waals surface area contributed by atoms with Gasteiger partial charge in [0.25, 0.3) is 5.91 Å². The van der Waals surface area contributed by atoms with E-state index < -0.39 is 0 Å². The standard InChI is InChI=1S/C18H22N2O3/c1-11-6-4-8-14-12(2)16(23-15(11)14)18(22)20-9-5-7-13(10-20)17(21)19-3/h4,6,8,13H,5,7,9-10H2,1-3H3,(H,19,21). The zero-order valence-electron chi connectivity index (χ0n) is 13.8. The largest absolute Gasteiger partial charge is 0.450 e. The third kappa shape index (κ3) is 2.71. The van der Waals surface area contributed by atoms with Gasteiger partial charge in [0.15, 0.2) is 5.76 Å². The molecule has 1 aromatic heterocycles. The molecule has 1 fully saturated rings. The van der Waals surface area contributed by atoms with Crippen molar-refractivity contribution >= 4 is 22.8 Å². The molecule has 0 bridgehead atoms. The van der Waals surface area contributed by atoms with Crippen molar-refractivity contribution in [3.63, 3.8) is 0 Å². The molecular formula is C18H22N2O3. The molecule has 0 aliphatic carbocycles. The number of furan rings is 1. The highest BCUT2D eigenvalue weighted by molar-refractivity contribution is 5.99. The van der Waals surface area contributed by atoms with E-state index in [0.717, 1.165) is 34.9 Å². The van der Waals surface area contributed by atoms with Crippen LogP contribution in [-0.4, -0.2) is 36.9 Å². The van der Waals surface area contributed by atoms with E-state index in [2.05, 4.69) is 5.32 Å². The number of hydrogen-bond donors (Lipinski definition) is 1. The summed E-state index contributed by atoms with van der Waals surface area (Å²) in [5.74, 6) is 0.141. The number of benzene rings is 1. The molecule has 1 atom stereocenters. The molecule has 5 nitrogen and oxygen atoms in total. The monoisotopic (exact) mass is 314 g/mol. The number of aryl methyl sites for hydroxylation is 2. The van der Waals surface area contributed by atoms with Crippen LogP contribution in [-0.2, 0) is 4.79 Å². The molecule has 1 aliphatic rings. The van der Waals surface area contributed by atoms with Gasteiger partial charge in [0, 0.05) is 31.1 Å². The summed E-state index contributed by atoms with van der Waals surface area (Å²) in [6, 6.07) is 5.92. The van der Waals surface area contributed by atoms with Gasteiger partial charge in [0.2, 0.25) is 5.91 Å². The lowest BCUT2D eigenvalue weighted by Gasteiger charge is -2.31. The highest BCUT2D eigenvalue weighted by Gasteiger charge is 2.31. The fourth-order valence-electron chi connectivity index (χ4n) is 3.31. The molecule has 1 aliphatic heterocycles. The smallest absolute Gasteiger partial charge is 0.289 e. The number of fused-ring (bicyclic) bond motifs is 1. The molecule has 0 radical (unpaired) electrons. The van der Waals surface area contributed by atoms with Gasteiger partial charge in [-0.25, -0.2) is 0 Å². The third-order valence-electron chi connectivity index (χ3n) is 4.68. The summed E-state index contributed by atoms with van der Waals surface area (Å²) in [6.07, 6.45) is 1.66. The number of hydrogen-bond acceptors (Lipinski definition) is 3. The van der Waals surface area contributed by atoms with Crippen LogP contribution in [0.15, 0.2) is 22.6 Å². The van der Waals surface area contributed by atoms with Gasteiger partial charge >= 0.3 is 0 Å². The number of carbonyl (C=O) groups is 2. The van der Waals surface area contributed by atoms with Crippen LogP contribution in [0.3, 0.4) is 0 Å². The summed E-state index contributed by atoms with van der Waals surface area (Å²) < 4.78 is 5.87. The number of piperidine rings is 1. The van der Waals surface area contributed by atoms with E-state index in [-0.39, 0.29) is 17.7 Å². The Bertz CT molecular complexity index is 763. The maximum atomic E-state index is 12.9. The molecule has 5 heteroatoms. The maximum Gasteiger partial charge on any atom is 0.289 e. The number of amides is 2. The molecule has 122 valence electrons. The van der Waals surface area contributed by atoms with Crippen LogP contribution in [0.25, 0.3) is 11.0 Å². The first kappa shape index (κ1) is 15.6. The van der Waals surface area contributed by atoms with Gasteiger partial charge in [-0.1, -0.05) is 18.2 Å². The quantitative estimate of drug-likeness (QED) is 0.927. The number of likely N-dealkylation sites (tertiary alicyclic amines) is 1. The Labute approximate surface area is 135 Å². The van der Waals surface area contributed by atoms with Crippen LogP contribution in [0.4, 0.5) is 0 Å². The lowest BCUT2D eigenvalue weighted by Crippen LogP contribution is -2.44. The van der Waals surface area contributed by atoms with E-state index in [4.69, 9.17) is 4.42 Å². The minimum atomic E-state index is -0.135. The molecule has 2 heterocycles. The van der Waals surface area contributed by atoms with Crippen LogP contribution in [0, 0.1) is 19.8 Å². The minimum absolute atomic E-state index is 0.000303. The van der Waals surface area contributed by atoms with Crippen molar-refractivity contribution in [3.05, 3.63) is 35.1 Å².